The Kier molecular flexibility index (Phi) is 3.80. The first-order chi connectivity index (χ1) is 7.63. The molecule has 1 saturated carbocycles. The lowest BCUT2D eigenvalue weighted by atomic mass is 9.94. The van der Waals surface area contributed by atoms with Gasteiger partial charge in [0.15, 0.2) is 0 Å². The zero-order valence-electron chi connectivity index (χ0n) is 10.5. The van der Waals surface area contributed by atoms with Crippen LogP contribution in [0.1, 0.15) is 32.1 Å². The number of hydrogen-bond donors (Lipinski definition) is 0. The first-order valence-electron chi connectivity index (χ1n) is 6.63. The predicted octanol–water partition coefficient (Wildman–Crippen LogP) is 4.39. The molecule has 0 spiro atoms. The van der Waals surface area contributed by atoms with Crippen LogP contribution in [0.15, 0.2) is 24.8 Å². The maximum atomic E-state index is 4.56. The van der Waals surface area contributed by atoms with Gasteiger partial charge in [-0.1, -0.05) is 18.2 Å². The molecule has 0 aromatic carbocycles. The largest absolute Gasteiger partial charge is 0.112 e. The topological polar surface area (TPSA) is 0 Å². The van der Waals surface area contributed by atoms with Gasteiger partial charge in [-0.05, 0) is 62.4 Å². The fourth-order valence-corrected chi connectivity index (χ4v) is 6.71. The Bertz CT molecular complexity index is 316. The second kappa shape index (κ2) is 4.96. The summed E-state index contributed by atoms with van der Waals surface area (Å²) in [6.07, 6.45) is 17.8. The highest BCUT2D eigenvalue weighted by atomic mass is 31.2. The van der Waals surface area contributed by atoms with Gasteiger partial charge in [0, 0.05) is 0 Å². The molecule has 0 amide bonds. The van der Waals surface area contributed by atoms with Gasteiger partial charge in [-0.15, -0.1) is 19.8 Å². The SMILES string of the molecule is C=CC1CC(=C)CC1CCP1(=C)CCCC1. The molecular formula is C15H25P. The molecule has 0 N–H and O–H groups in total. The molecule has 1 aliphatic carbocycles. The molecule has 0 aromatic heterocycles. The van der Waals surface area contributed by atoms with E-state index < -0.39 is 6.89 Å². The lowest BCUT2D eigenvalue weighted by Crippen LogP contribution is -2.08. The Morgan fingerprint density at radius 3 is 2.56 bits per heavy atom. The summed E-state index contributed by atoms with van der Waals surface area (Å²) in [5, 5.41) is 0. The molecule has 1 aliphatic heterocycles. The quantitative estimate of drug-likeness (QED) is 0.501. The summed E-state index contributed by atoms with van der Waals surface area (Å²) in [6, 6.07) is 0. The van der Waals surface area contributed by atoms with Crippen molar-refractivity contribution in [3.63, 3.8) is 0 Å². The minimum absolute atomic E-state index is 0.710. The molecule has 2 atom stereocenters. The van der Waals surface area contributed by atoms with Crippen LogP contribution in [0.2, 0.25) is 0 Å². The molecule has 2 fully saturated rings. The van der Waals surface area contributed by atoms with Crippen molar-refractivity contribution in [2.45, 2.75) is 32.1 Å². The molecule has 2 rings (SSSR count). The van der Waals surface area contributed by atoms with Crippen molar-refractivity contribution >= 4 is 13.2 Å². The van der Waals surface area contributed by atoms with Crippen LogP contribution in [0.25, 0.3) is 0 Å². The monoisotopic (exact) mass is 236 g/mol. The Morgan fingerprint density at radius 1 is 1.25 bits per heavy atom. The fraction of sp³-hybridized carbons (Fsp3) is 0.667. The molecule has 90 valence electrons. The fourth-order valence-electron chi connectivity index (χ4n) is 3.37. The molecule has 0 aromatic rings. The van der Waals surface area contributed by atoms with Gasteiger partial charge in [0.2, 0.25) is 0 Å². The lowest BCUT2D eigenvalue weighted by Gasteiger charge is -2.22. The van der Waals surface area contributed by atoms with Crippen molar-refractivity contribution in [1.82, 2.24) is 0 Å². The molecular weight excluding hydrogens is 211 g/mol. The predicted molar refractivity (Wildman–Crippen MR) is 78.0 cm³/mol. The van der Waals surface area contributed by atoms with Crippen LogP contribution in [0.4, 0.5) is 0 Å². The summed E-state index contributed by atoms with van der Waals surface area (Å²) >= 11 is 0. The molecule has 0 bridgehead atoms. The summed E-state index contributed by atoms with van der Waals surface area (Å²) in [7, 11) is 0. The van der Waals surface area contributed by atoms with E-state index in [0.29, 0.717) is 5.92 Å². The first kappa shape index (κ1) is 12.2. The van der Waals surface area contributed by atoms with E-state index >= 15 is 0 Å². The zero-order chi connectivity index (χ0) is 11.6. The van der Waals surface area contributed by atoms with E-state index in [2.05, 4.69) is 25.5 Å². The number of allylic oxidation sites excluding steroid dienone is 2. The zero-order valence-corrected chi connectivity index (χ0v) is 11.4. The van der Waals surface area contributed by atoms with Crippen molar-refractivity contribution in [3.8, 4) is 0 Å². The average molecular weight is 236 g/mol. The minimum Gasteiger partial charge on any atom is -0.112 e. The van der Waals surface area contributed by atoms with Crippen LogP contribution in [-0.2, 0) is 0 Å². The van der Waals surface area contributed by atoms with Crippen molar-refractivity contribution in [2.75, 3.05) is 18.5 Å². The Morgan fingerprint density at radius 2 is 1.94 bits per heavy atom. The Hall–Kier alpha value is -0.220. The Labute approximate surface area is 101 Å². The first-order valence-corrected chi connectivity index (χ1v) is 9.16. The second-order valence-electron chi connectivity index (χ2n) is 5.83. The van der Waals surface area contributed by atoms with Gasteiger partial charge in [-0.2, -0.15) is 0 Å². The highest BCUT2D eigenvalue weighted by Gasteiger charge is 2.29. The molecule has 2 aliphatic rings. The smallest absolute Gasteiger partial charge is 0.0167 e. The van der Waals surface area contributed by atoms with Gasteiger partial charge in [-0.25, -0.2) is 0 Å². The number of rotatable bonds is 4. The van der Waals surface area contributed by atoms with E-state index in [1.165, 1.54) is 56.2 Å². The Balaban J connectivity index is 1.87. The van der Waals surface area contributed by atoms with E-state index in [1.54, 1.807) is 0 Å². The van der Waals surface area contributed by atoms with Gasteiger partial charge in [-0.3, -0.25) is 0 Å². The van der Waals surface area contributed by atoms with Crippen LogP contribution >= 0.6 is 6.89 Å². The van der Waals surface area contributed by atoms with E-state index in [1.807, 2.05) is 0 Å². The summed E-state index contributed by atoms with van der Waals surface area (Å²) in [6.45, 7) is 7.38. The summed E-state index contributed by atoms with van der Waals surface area (Å²) < 4.78 is 0. The van der Waals surface area contributed by atoms with E-state index in [4.69, 9.17) is 0 Å². The molecule has 1 saturated heterocycles. The van der Waals surface area contributed by atoms with Crippen LogP contribution < -0.4 is 0 Å². The van der Waals surface area contributed by atoms with Gasteiger partial charge in [0.25, 0.3) is 0 Å². The van der Waals surface area contributed by atoms with Gasteiger partial charge in [0.05, 0.1) is 0 Å². The molecule has 16 heavy (non-hydrogen) atoms. The van der Waals surface area contributed by atoms with Gasteiger partial charge >= 0.3 is 0 Å². The average Bonchev–Trinajstić information content (AvgIpc) is 2.82. The van der Waals surface area contributed by atoms with Gasteiger partial charge < -0.3 is 0 Å². The van der Waals surface area contributed by atoms with Crippen LogP contribution in [0.5, 0.6) is 0 Å². The summed E-state index contributed by atoms with van der Waals surface area (Å²) in [5.41, 5.74) is 1.44. The lowest BCUT2D eigenvalue weighted by molar-refractivity contribution is 0.448. The maximum Gasteiger partial charge on any atom is -0.0167 e. The molecule has 0 nitrogen and oxygen atoms in total. The van der Waals surface area contributed by atoms with Crippen LogP contribution in [0, 0.1) is 11.8 Å². The van der Waals surface area contributed by atoms with E-state index in [9.17, 15) is 0 Å². The van der Waals surface area contributed by atoms with E-state index in [-0.39, 0.29) is 0 Å². The molecule has 0 radical (unpaired) electrons. The summed E-state index contributed by atoms with van der Waals surface area (Å²) in [4.78, 5) is 0. The standard InChI is InChI=1S/C15H25P/c1-4-14-11-13(2)12-15(14)7-10-16(3)8-5-6-9-16/h4,14-15H,1-3,5-12H2. The maximum absolute atomic E-state index is 4.56. The second-order valence-corrected chi connectivity index (χ2v) is 9.85. The van der Waals surface area contributed by atoms with Crippen molar-refractivity contribution in [3.05, 3.63) is 24.8 Å². The highest BCUT2D eigenvalue weighted by molar-refractivity contribution is 7.73. The summed E-state index contributed by atoms with van der Waals surface area (Å²) in [5.74, 6) is 1.55. The van der Waals surface area contributed by atoms with E-state index in [0.717, 1.165) is 5.92 Å². The van der Waals surface area contributed by atoms with Crippen LogP contribution in [-0.4, -0.2) is 24.8 Å². The van der Waals surface area contributed by atoms with Crippen LogP contribution in [0.3, 0.4) is 0 Å². The van der Waals surface area contributed by atoms with Crippen molar-refractivity contribution in [1.29, 1.82) is 0 Å². The third-order valence-corrected chi connectivity index (χ3v) is 8.21. The normalized spacial score (nSPS) is 33.1. The highest BCUT2D eigenvalue weighted by Crippen LogP contribution is 2.53. The number of hydrogen-bond acceptors (Lipinski definition) is 0. The molecule has 1 heteroatoms. The van der Waals surface area contributed by atoms with Gasteiger partial charge in [0.1, 0.15) is 0 Å². The minimum atomic E-state index is -0.743. The molecule has 1 heterocycles. The third-order valence-electron chi connectivity index (χ3n) is 4.47. The molecule has 2 unspecified atom stereocenters. The van der Waals surface area contributed by atoms with Crippen molar-refractivity contribution < 1.29 is 0 Å². The third kappa shape index (κ3) is 2.72. The van der Waals surface area contributed by atoms with Crippen molar-refractivity contribution in [2.24, 2.45) is 11.8 Å².